The summed E-state index contributed by atoms with van der Waals surface area (Å²) in [6, 6.07) is 20.1. The summed E-state index contributed by atoms with van der Waals surface area (Å²) in [6.07, 6.45) is 18.4. The zero-order valence-electron chi connectivity index (χ0n) is 56.9. The van der Waals surface area contributed by atoms with Crippen LogP contribution in [0.3, 0.4) is 0 Å². The number of nitrogens with zero attached hydrogens (tertiary/aromatic N) is 5. The van der Waals surface area contributed by atoms with E-state index >= 15 is 0 Å². The topological polar surface area (TPSA) is 231 Å². The van der Waals surface area contributed by atoms with Crippen LogP contribution in [0.4, 0.5) is 9.59 Å². The van der Waals surface area contributed by atoms with Gasteiger partial charge in [0.2, 0.25) is 11.8 Å². The lowest BCUT2D eigenvalue weighted by molar-refractivity contribution is -0.136. The maximum atomic E-state index is 13.8. The molecule has 0 bridgehead atoms. The Bertz CT molecular complexity index is 3530. The van der Waals surface area contributed by atoms with Gasteiger partial charge in [-0.05, 0) is 175 Å². The number of aromatic nitrogens is 3. The van der Waals surface area contributed by atoms with Gasteiger partial charge in [-0.3, -0.25) is 48.5 Å². The van der Waals surface area contributed by atoms with Crippen molar-refractivity contribution in [1.82, 2.24) is 60.7 Å². The molecule has 19 nitrogen and oxygen atoms in total. The molecule has 0 radical (unpaired) electrons. The fraction of sp³-hybridized carbons (Fsp3) is 0.533. The first-order chi connectivity index (χ1) is 46.0. The summed E-state index contributed by atoms with van der Waals surface area (Å²) in [7, 11) is 0. The molecule has 9 atom stereocenters. The van der Waals surface area contributed by atoms with Gasteiger partial charge in [0.05, 0.1) is 30.7 Å². The molecular weight excluding hydrogens is 1210 g/mol. The summed E-state index contributed by atoms with van der Waals surface area (Å²) in [5.41, 5.74) is 11.9. The minimum atomic E-state index is -0.347. The summed E-state index contributed by atoms with van der Waals surface area (Å²) < 4.78 is 0. The number of imide groups is 2. The molecule has 6 heterocycles. The molecule has 3 saturated heterocycles. The molecule has 95 heavy (non-hydrogen) atoms. The Kier molecular flexibility index (Phi) is 24.6. The second kappa shape index (κ2) is 33.2. The number of ketones is 3. The highest BCUT2D eigenvalue weighted by Gasteiger charge is 2.47. The maximum absolute atomic E-state index is 13.8. The van der Waals surface area contributed by atoms with Crippen LogP contribution in [0.25, 0.3) is 32.7 Å². The SMILES string of the molecule is C=CCN1C[C@H](C(=O)N(CCCNCC(C)=O)C(=O)NCC)C[C@@H]2c3cccc4[nH]cc(c34)C[C@H]21.C=CCN1C[C@H](C(=O)N(CCCNCC(C)=O)C(=O)NCC)C[C@@H]2c3cccc4[nH]cc(c34)C[C@H]21.CCCN1C[C@H](CSCC(C)=O)C[C@@H]2c3cccc4[nH]cc(c34)C[C@H]21. The van der Waals surface area contributed by atoms with Crippen LogP contribution in [0.5, 0.6) is 0 Å². The number of fused-ring (bicyclic) bond motifs is 6. The number of likely N-dealkylation sites (tertiary alicyclic amines) is 3. The van der Waals surface area contributed by atoms with Gasteiger partial charge < -0.3 is 36.2 Å². The molecule has 7 N–H and O–H groups in total. The number of carbonyl (C=O) groups is 7. The summed E-state index contributed by atoms with van der Waals surface area (Å²) in [5, 5.41) is 15.8. The third kappa shape index (κ3) is 16.4. The molecule has 3 aliphatic heterocycles. The fourth-order valence-corrected chi connectivity index (χ4v) is 17.4. The highest BCUT2D eigenvalue weighted by atomic mass is 32.2. The van der Waals surface area contributed by atoms with Crippen molar-refractivity contribution in [2.45, 2.75) is 135 Å². The lowest BCUT2D eigenvalue weighted by Crippen LogP contribution is -2.55. The number of rotatable bonds is 26. The van der Waals surface area contributed by atoms with Gasteiger partial charge in [-0.1, -0.05) is 55.5 Å². The quantitative estimate of drug-likeness (QED) is 0.0198. The molecule has 20 heteroatoms. The first-order valence-corrected chi connectivity index (χ1v) is 36.1. The predicted molar refractivity (Wildman–Crippen MR) is 381 cm³/mol. The van der Waals surface area contributed by atoms with E-state index in [1.54, 1.807) is 12.5 Å². The van der Waals surface area contributed by atoms with Crippen molar-refractivity contribution in [1.29, 1.82) is 0 Å². The molecule has 6 amide bonds. The Morgan fingerprint density at radius 2 is 0.968 bits per heavy atom. The summed E-state index contributed by atoms with van der Waals surface area (Å²) >= 11 is 1.82. The highest BCUT2D eigenvalue weighted by Crippen LogP contribution is 2.48. The van der Waals surface area contributed by atoms with Crippen molar-refractivity contribution >= 4 is 85.7 Å². The van der Waals surface area contributed by atoms with Gasteiger partial charge in [0.15, 0.2) is 0 Å². The van der Waals surface area contributed by atoms with Gasteiger partial charge in [0.1, 0.15) is 17.3 Å². The van der Waals surface area contributed by atoms with Crippen molar-refractivity contribution in [2.75, 3.05) is 103 Å². The van der Waals surface area contributed by atoms with Gasteiger partial charge in [0, 0.05) is 146 Å². The van der Waals surface area contributed by atoms with Crippen LogP contribution in [0.2, 0.25) is 0 Å². The minimum Gasteiger partial charge on any atom is -0.361 e. The molecule has 3 aliphatic carbocycles. The second-order valence-corrected chi connectivity index (χ2v) is 28.2. The molecule has 3 aromatic carbocycles. The normalized spacial score (nSPS) is 22.6. The van der Waals surface area contributed by atoms with Crippen LogP contribution in [0, 0.1) is 17.8 Å². The predicted octanol–water partition coefficient (Wildman–Crippen LogP) is 9.85. The van der Waals surface area contributed by atoms with Crippen molar-refractivity contribution in [3.8, 4) is 0 Å². The van der Waals surface area contributed by atoms with Gasteiger partial charge >= 0.3 is 12.1 Å². The third-order valence-corrected chi connectivity index (χ3v) is 21.6. The van der Waals surface area contributed by atoms with Crippen LogP contribution < -0.4 is 21.3 Å². The van der Waals surface area contributed by atoms with E-state index in [2.05, 4.69) is 144 Å². The van der Waals surface area contributed by atoms with E-state index in [1.807, 2.05) is 37.8 Å². The van der Waals surface area contributed by atoms with Crippen molar-refractivity contribution in [2.24, 2.45) is 17.8 Å². The van der Waals surface area contributed by atoms with Crippen LogP contribution in [-0.2, 0) is 43.2 Å². The molecule has 6 aliphatic rings. The Hall–Kier alpha value is -7.20. The molecule has 6 aromatic rings. The number of hydrogen-bond donors (Lipinski definition) is 7. The van der Waals surface area contributed by atoms with Crippen LogP contribution in [0.15, 0.2) is 98.5 Å². The summed E-state index contributed by atoms with van der Waals surface area (Å²) in [4.78, 5) is 107. The Morgan fingerprint density at radius 1 is 0.558 bits per heavy atom. The molecular formula is C75H102N12O7S. The molecule has 510 valence electrons. The van der Waals surface area contributed by atoms with Gasteiger partial charge in [-0.2, -0.15) is 11.8 Å². The zero-order valence-corrected chi connectivity index (χ0v) is 57.7. The maximum Gasteiger partial charge on any atom is 0.324 e. The molecule has 0 saturated carbocycles. The number of piperidine rings is 3. The number of carbonyl (C=O) groups excluding carboxylic acids is 7. The lowest BCUT2D eigenvalue weighted by Gasteiger charge is -2.47. The second-order valence-electron chi connectivity index (χ2n) is 27.2. The standard InChI is InChI=1S/2C27H37N5O3.C21H28N2OS/c2*1-4-11-31-17-20(26(34)32(27(35)29-5-2)12-7-10-28-15-18(3)33)13-22-21-8-6-9-23-25(21)19(16-30-23)14-24(22)31;1-3-7-23-11-15(13-25-12-14(2)24)8-18-17-5-4-6-19-21(17)16(10-22-19)9-20(18)23/h2*4,6,8-9,16,20,22,24,28,30H,1,5,7,10-15,17H2,2-3H3,(H,29,35);4-6,10,15,18,20,22H,3,7-9,11-13H2,1-2H3/t2*20-,22-,24-;15-,18-,20-/m111/s1. The highest BCUT2D eigenvalue weighted by molar-refractivity contribution is 7.99. The molecule has 3 fully saturated rings. The first-order valence-electron chi connectivity index (χ1n) is 34.9. The molecule has 0 unspecified atom stereocenters. The number of urea groups is 2. The number of H-pyrrole nitrogens is 3. The Morgan fingerprint density at radius 3 is 1.35 bits per heavy atom. The number of aromatic amines is 3. The summed E-state index contributed by atoms with van der Waals surface area (Å²) in [5.74, 6) is 3.16. The van der Waals surface area contributed by atoms with Crippen LogP contribution >= 0.6 is 11.8 Å². The monoisotopic (exact) mass is 1310 g/mol. The smallest absolute Gasteiger partial charge is 0.324 e. The average molecular weight is 1320 g/mol. The number of hydrogen-bond acceptors (Lipinski definition) is 13. The van der Waals surface area contributed by atoms with Crippen molar-refractivity contribution in [3.63, 3.8) is 0 Å². The number of amides is 6. The van der Waals surface area contributed by atoms with Gasteiger partial charge in [-0.25, -0.2) is 9.59 Å². The van der Waals surface area contributed by atoms with Crippen LogP contribution in [-0.4, -0.2) is 202 Å². The summed E-state index contributed by atoms with van der Waals surface area (Å²) in [6.45, 7) is 27.0. The van der Waals surface area contributed by atoms with Crippen LogP contribution in [0.1, 0.15) is 131 Å². The average Bonchev–Trinajstić information content (AvgIpc) is 1.73. The Labute approximate surface area is 565 Å². The van der Waals surface area contributed by atoms with E-state index in [-0.39, 0.29) is 59.1 Å². The van der Waals surface area contributed by atoms with E-state index < -0.39 is 0 Å². The largest absolute Gasteiger partial charge is 0.361 e. The molecule has 12 rings (SSSR count). The Balaban J connectivity index is 0.000000158. The van der Waals surface area contributed by atoms with E-state index in [4.69, 9.17) is 0 Å². The van der Waals surface area contributed by atoms with E-state index in [0.29, 0.717) is 133 Å². The fourth-order valence-electron chi connectivity index (χ4n) is 16.4. The molecule has 0 spiro atoms. The molecule has 3 aromatic heterocycles. The van der Waals surface area contributed by atoms with Crippen molar-refractivity contribution < 1.29 is 33.6 Å². The number of nitrogens with one attached hydrogen (secondary N) is 7. The number of benzene rings is 3. The lowest BCUT2D eigenvalue weighted by atomic mass is 9.72. The van der Waals surface area contributed by atoms with Crippen molar-refractivity contribution in [3.05, 3.63) is 132 Å². The van der Waals surface area contributed by atoms with E-state index in [0.717, 1.165) is 42.5 Å². The van der Waals surface area contributed by atoms with E-state index in [9.17, 15) is 33.6 Å². The third-order valence-electron chi connectivity index (χ3n) is 20.3. The van der Waals surface area contributed by atoms with Gasteiger partial charge in [-0.15, -0.1) is 13.2 Å². The number of Topliss-reactive ketones (excluding diaryl/α,β-unsaturated/α-hetero) is 3. The first kappa shape index (κ1) is 70.6. The zero-order chi connectivity index (χ0) is 67.3. The van der Waals surface area contributed by atoms with Gasteiger partial charge in [0.25, 0.3) is 0 Å². The minimum absolute atomic E-state index is 0.0637. The number of thioether (sulfide) groups is 1. The van der Waals surface area contributed by atoms with E-state index in [1.165, 1.54) is 105 Å².